The number of aryl methyl sites for hydroxylation is 1. The van der Waals surface area contributed by atoms with Gasteiger partial charge in [0.15, 0.2) is 0 Å². The summed E-state index contributed by atoms with van der Waals surface area (Å²) in [5, 5.41) is 6.64. The Morgan fingerprint density at radius 3 is 2.52 bits per heavy atom. The van der Waals surface area contributed by atoms with Crippen LogP contribution < -0.4 is 5.32 Å². The lowest BCUT2D eigenvalue weighted by Gasteiger charge is -2.16. The van der Waals surface area contributed by atoms with Gasteiger partial charge in [-0.15, -0.1) is 0 Å². The molecule has 1 amide bonds. The molecule has 122 valence electrons. The minimum atomic E-state index is -0.863. The van der Waals surface area contributed by atoms with Crippen molar-refractivity contribution in [2.24, 2.45) is 7.05 Å². The van der Waals surface area contributed by atoms with E-state index in [9.17, 15) is 14.0 Å². The molecule has 2 aromatic rings. The molecule has 0 aliphatic rings. The summed E-state index contributed by atoms with van der Waals surface area (Å²) in [6.45, 7) is 1.76. The molecule has 0 aliphatic carbocycles. The molecule has 0 aliphatic heterocycles. The lowest BCUT2D eigenvalue weighted by atomic mass is 10.1. The summed E-state index contributed by atoms with van der Waals surface area (Å²) in [4.78, 5) is 24.2. The quantitative estimate of drug-likeness (QED) is 0.845. The number of methoxy groups -OCH3 is 1. The second-order valence-electron chi connectivity index (χ2n) is 5.15. The standard InChI is InChI=1S/C16H18FN3O3/c1-10-13(9-18-20(10)2)15(21)19-14(16(22)23-3)8-11-4-6-12(17)7-5-11/h4-7,9,14H,8H2,1-3H3,(H,19,21). The first-order valence-electron chi connectivity index (χ1n) is 7.04. The monoisotopic (exact) mass is 319 g/mol. The maximum Gasteiger partial charge on any atom is 0.328 e. The van der Waals surface area contributed by atoms with E-state index in [1.165, 1.54) is 25.4 Å². The van der Waals surface area contributed by atoms with Gasteiger partial charge in [0.05, 0.1) is 18.9 Å². The fourth-order valence-electron chi connectivity index (χ4n) is 2.15. The number of rotatable bonds is 5. The molecule has 1 unspecified atom stereocenters. The van der Waals surface area contributed by atoms with Crippen LogP contribution in [-0.2, 0) is 23.0 Å². The normalized spacial score (nSPS) is 11.8. The average Bonchev–Trinajstić information content (AvgIpc) is 2.87. The third-order valence-electron chi connectivity index (χ3n) is 3.62. The number of nitrogens with zero attached hydrogens (tertiary/aromatic N) is 2. The third kappa shape index (κ3) is 3.94. The molecule has 23 heavy (non-hydrogen) atoms. The van der Waals surface area contributed by atoms with Crippen molar-refractivity contribution in [3.05, 3.63) is 53.1 Å². The largest absolute Gasteiger partial charge is 0.467 e. The highest BCUT2D eigenvalue weighted by Gasteiger charge is 2.24. The summed E-state index contributed by atoms with van der Waals surface area (Å²) < 4.78 is 19.3. The summed E-state index contributed by atoms with van der Waals surface area (Å²) in [6.07, 6.45) is 1.65. The van der Waals surface area contributed by atoms with E-state index in [0.717, 1.165) is 0 Å². The highest BCUT2D eigenvalue weighted by molar-refractivity contribution is 5.97. The number of benzene rings is 1. The van der Waals surface area contributed by atoms with Crippen molar-refractivity contribution in [3.63, 3.8) is 0 Å². The number of hydrogen-bond donors (Lipinski definition) is 1. The van der Waals surface area contributed by atoms with Crippen LogP contribution in [0.1, 0.15) is 21.6 Å². The summed E-state index contributed by atoms with van der Waals surface area (Å²) >= 11 is 0. The van der Waals surface area contributed by atoms with E-state index in [1.54, 1.807) is 30.8 Å². The molecule has 0 bridgehead atoms. The van der Waals surface area contributed by atoms with Crippen LogP contribution in [0.5, 0.6) is 0 Å². The predicted molar refractivity (Wildman–Crippen MR) is 81.3 cm³/mol. The van der Waals surface area contributed by atoms with Crippen molar-refractivity contribution in [2.45, 2.75) is 19.4 Å². The maximum absolute atomic E-state index is 13.0. The average molecular weight is 319 g/mol. The van der Waals surface area contributed by atoms with Gasteiger partial charge in [-0.3, -0.25) is 9.48 Å². The van der Waals surface area contributed by atoms with Crippen LogP contribution in [0.4, 0.5) is 4.39 Å². The van der Waals surface area contributed by atoms with E-state index in [-0.39, 0.29) is 12.2 Å². The van der Waals surface area contributed by atoms with Crippen LogP contribution in [0, 0.1) is 12.7 Å². The van der Waals surface area contributed by atoms with Gasteiger partial charge in [0.2, 0.25) is 0 Å². The molecule has 1 N–H and O–H groups in total. The summed E-state index contributed by atoms with van der Waals surface area (Å²) in [6, 6.07) is 4.87. The van der Waals surface area contributed by atoms with Crippen LogP contribution in [0.2, 0.25) is 0 Å². The van der Waals surface area contributed by atoms with Gasteiger partial charge in [0, 0.05) is 19.2 Å². The van der Waals surface area contributed by atoms with Gasteiger partial charge in [-0.25, -0.2) is 9.18 Å². The van der Waals surface area contributed by atoms with E-state index in [4.69, 9.17) is 4.74 Å². The Bertz CT molecular complexity index is 710. The van der Waals surface area contributed by atoms with Gasteiger partial charge in [0.1, 0.15) is 11.9 Å². The summed E-state index contributed by atoms with van der Waals surface area (Å²) in [5.74, 6) is -1.34. The van der Waals surface area contributed by atoms with Crippen LogP contribution in [0.3, 0.4) is 0 Å². The van der Waals surface area contributed by atoms with Crippen molar-refractivity contribution in [2.75, 3.05) is 7.11 Å². The van der Waals surface area contributed by atoms with Crippen LogP contribution in [0.25, 0.3) is 0 Å². The molecule has 1 aromatic carbocycles. The number of halogens is 1. The van der Waals surface area contributed by atoms with Gasteiger partial charge < -0.3 is 10.1 Å². The van der Waals surface area contributed by atoms with E-state index < -0.39 is 17.9 Å². The number of hydrogen-bond acceptors (Lipinski definition) is 4. The van der Waals surface area contributed by atoms with E-state index in [0.29, 0.717) is 16.8 Å². The van der Waals surface area contributed by atoms with Crippen LogP contribution >= 0.6 is 0 Å². The van der Waals surface area contributed by atoms with Crippen LogP contribution in [-0.4, -0.2) is 34.8 Å². The minimum Gasteiger partial charge on any atom is -0.467 e. The molecule has 1 heterocycles. The van der Waals surface area contributed by atoms with Crippen molar-refractivity contribution in [3.8, 4) is 0 Å². The zero-order chi connectivity index (χ0) is 17.0. The number of aromatic nitrogens is 2. The maximum atomic E-state index is 13.0. The zero-order valence-corrected chi connectivity index (χ0v) is 13.2. The summed E-state index contributed by atoms with van der Waals surface area (Å²) in [7, 11) is 2.98. The van der Waals surface area contributed by atoms with E-state index in [1.807, 2.05) is 0 Å². The molecule has 2 rings (SSSR count). The Labute approximate surface area is 133 Å². The Kier molecular flexibility index (Phi) is 5.10. The third-order valence-corrected chi connectivity index (χ3v) is 3.62. The second kappa shape index (κ2) is 7.04. The number of ether oxygens (including phenoxy) is 1. The number of amides is 1. The predicted octanol–water partition coefficient (Wildman–Crippen LogP) is 1.38. The lowest BCUT2D eigenvalue weighted by Crippen LogP contribution is -2.43. The van der Waals surface area contributed by atoms with Crippen molar-refractivity contribution < 1.29 is 18.7 Å². The number of carbonyl (C=O) groups is 2. The smallest absolute Gasteiger partial charge is 0.328 e. The highest BCUT2D eigenvalue weighted by Crippen LogP contribution is 2.10. The van der Waals surface area contributed by atoms with Gasteiger partial charge in [-0.05, 0) is 24.6 Å². The van der Waals surface area contributed by atoms with E-state index >= 15 is 0 Å². The minimum absolute atomic E-state index is 0.206. The van der Waals surface area contributed by atoms with Crippen molar-refractivity contribution >= 4 is 11.9 Å². The molecule has 0 fully saturated rings. The number of carbonyl (C=O) groups excluding carboxylic acids is 2. The summed E-state index contributed by atoms with van der Waals surface area (Å²) in [5.41, 5.74) is 1.79. The molecular formula is C16H18FN3O3. The van der Waals surface area contributed by atoms with Crippen molar-refractivity contribution in [1.29, 1.82) is 0 Å². The molecule has 7 heteroatoms. The fraction of sp³-hybridized carbons (Fsp3) is 0.312. The molecule has 0 saturated heterocycles. The molecule has 6 nitrogen and oxygen atoms in total. The lowest BCUT2D eigenvalue weighted by molar-refractivity contribution is -0.142. The SMILES string of the molecule is COC(=O)C(Cc1ccc(F)cc1)NC(=O)c1cnn(C)c1C. The first-order chi connectivity index (χ1) is 10.9. The first kappa shape index (κ1) is 16.7. The molecule has 0 spiro atoms. The molecule has 0 radical (unpaired) electrons. The van der Waals surface area contributed by atoms with Gasteiger partial charge >= 0.3 is 5.97 Å². The zero-order valence-electron chi connectivity index (χ0n) is 13.2. The topological polar surface area (TPSA) is 73.2 Å². The molecule has 1 aromatic heterocycles. The fourth-order valence-corrected chi connectivity index (χ4v) is 2.15. The Balaban J connectivity index is 2.15. The van der Waals surface area contributed by atoms with Crippen LogP contribution in [0.15, 0.2) is 30.5 Å². The van der Waals surface area contributed by atoms with Gasteiger partial charge in [-0.2, -0.15) is 5.10 Å². The Morgan fingerprint density at radius 2 is 2.00 bits per heavy atom. The second-order valence-corrected chi connectivity index (χ2v) is 5.15. The molecular weight excluding hydrogens is 301 g/mol. The van der Waals surface area contributed by atoms with Crippen molar-refractivity contribution in [1.82, 2.24) is 15.1 Å². The van der Waals surface area contributed by atoms with E-state index in [2.05, 4.69) is 10.4 Å². The molecule has 0 saturated carbocycles. The highest BCUT2D eigenvalue weighted by atomic mass is 19.1. The Hall–Kier alpha value is -2.70. The van der Waals surface area contributed by atoms with Gasteiger partial charge in [-0.1, -0.05) is 12.1 Å². The number of nitrogens with one attached hydrogen (secondary N) is 1. The Morgan fingerprint density at radius 1 is 1.35 bits per heavy atom. The number of esters is 1. The molecule has 1 atom stereocenters. The first-order valence-corrected chi connectivity index (χ1v) is 7.04. The van der Waals surface area contributed by atoms with Gasteiger partial charge in [0.25, 0.3) is 5.91 Å².